The van der Waals surface area contributed by atoms with E-state index < -0.39 is 0 Å². The van der Waals surface area contributed by atoms with Gasteiger partial charge in [-0.05, 0) is 65.9 Å². The zero-order valence-corrected chi connectivity index (χ0v) is 16.7. The van der Waals surface area contributed by atoms with Crippen molar-refractivity contribution in [3.05, 3.63) is 101 Å². The van der Waals surface area contributed by atoms with Crippen LogP contribution in [-0.2, 0) is 19.4 Å². The predicted octanol–water partition coefficient (Wildman–Crippen LogP) is 3.05. The molecule has 0 atom stereocenters. The molecule has 1 aliphatic heterocycles. The van der Waals surface area contributed by atoms with E-state index in [1.54, 1.807) is 11.0 Å². The topological polar surface area (TPSA) is 63.1 Å². The van der Waals surface area contributed by atoms with Crippen LogP contribution < -0.4 is 5.32 Å². The average Bonchev–Trinajstić information content (AvgIpc) is 3.20. The summed E-state index contributed by atoms with van der Waals surface area (Å²) in [4.78, 5) is 19.2. The number of nitrogens with zero attached hydrogens (tertiary/aromatic N) is 4. The van der Waals surface area contributed by atoms with Crippen molar-refractivity contribution in [2.75, 3.05) is 13.1 Å². The summed E-state index contributed by atoms with van der Waals surface area (Å²) in [6, 6.07) is 14.0. The van der Waals surface area contributed by atoms with Gasteiger partial charge in [0.1, 0.15) is 12.7 Å². The maximum Gasteiger partial charge on any atom is 0.251 e. The number of allylic oxidation sites excluding steroid dienone is 3. The summed E-state index contributed by atoms with van der Waals surface area (Å²) in [7, 11) is 0. The molecule has 0 fully saturated rings. The molecule has 150 valence electrons. The molecule has 0 saturated carbocycles. The molecule has 0 saturated heterocycles. The molecule has 2 aliphatic rings. The van der Waals surface area contributed by atoms with Crippen LogP contribution in [0.4, 0.5) is 0 Å². The largest absolute Gasteiger partial charge is 0.371 e. The molecule has 2 aromatic carbocycles. The smallest absolute Gasteiger partial charge is 0.251 e. The average molecular weight is 397 g/mol. The summed E-state index contributed by atoms with van der Waals surface area (Å²) in [5, 5.41) is 7.19. The lowest BCUT2D eigenvalue weighted by molar-refractivity contribution is 0.0951. The van der Waals surface area contributed by atoms with Crippen molar-refractivity contribution in [3.8, 4) is 5.69 Å². The van der Waals surface area contributed by atoms with Gasteiger partial charge in [0.05, 0.1) is 5.69 Å². The first-order chi connectivity index (χ1) is 14.8. The van der Waals surface area contributed by atoms with Crippen molar-refractivity contribution in [3.63, 3.8) is 0 Å². The Bertz CT molecular complexity index is 1130. The zero-order chi connectivity index (χ0) is 20.3. The number of nitrogens with one attached hydrogen (secondary N) is 1. The normalized spacial score (nSPS) is 15.1. The maximum atomic E-state index is 12.8. The zero-order valence-electron chi connectivity index (χ0n) is 16.7. The standard InChI is InChI=1S/C24H23N5O/c30-24(26-15-18-3-1-6-23(13-18)29-17-25-16-27-29)21-8-7-19-9-11-28(22-4-2-5-22)12-10-20(19)14-21/h1-8,13-14,16-17H,9-12,15H2,(H,26,30). The Morgan fingerprint density at radius 3 is 2.70 bits per heavy atom. The molecule has 30 heavy (non-hydrogen) atoms. The number of hydrogen-bond donors (Lipinski definition) is 1. The van der Waals surface area contributed by atoms with Gasteiger partial charge in [0, 0.05) is 30.9 Å². The molecule has 0 bridgehead atoms. The van der Waals surface area contributed by atoms with Gasteiger partial charge in [-0.15, -0.1) is 0 Å². The van der Waals surface area contributed by atoms with Gasteiger partial charge in [-0.2, -0.15) is 5.10 Å². The highest BCUT2D eigenvalue weighted by atomic mass is 16.1. The van der Waals surface area contributed by atoms with Crippen molar-refractivity contribution in [1.82, 2.24) is 25.0 Å². The summed E-state index contributed by atoms with van der Waals surface area (Å²) in [6.45, 7) is 2.48. The number of rotatable bonds is 5. The van der Waals surface area contributed by atoms with E-state index in [1.807, 2.05) is 30.3 Å². The molecule has 3 aromatic rings. The van der Waals surface area contributed by atoms with Crippen LogP contribution in [0.3, 0.4) is 0 Å². The molecule has 0 radical (unpaired) electrons. The highest BCUT2D eigenvalue weighted by molar-refractivity contribution is 5.94. The van der Waals surface area contributed by atoms with E-state index in [0.29, 0.717) is 6.54 Å². The quantitative estimate of drug-likeness (QED) is 0.719. The highest BCUT2D eigenvalue weighted by Crippen LogP contribution is 2.22. The molecule has 0 unspecified atom stereocenters. The van der Waals surface area contributed by atoms with E-state index in [2.05, 4.69) is 50.7 Å². The van der Waals surface area contributed by atoms with Gasteiger partial charge >= 0.3 is 0 Å². The van der Waals surface area contributed by atoms with Gasteiger partial charge in [0.2, 0.25) is 0 Å². The third kappa shape index (κ3) is 3.76. The Labute approximate surface area is 175 Å². The third-order valence-corrected chi connectivity index (χ3v) is 5.72. The predicted molar refractivity (Wildman–Crippen MR) is 115 cm³/mol. The molecule has 1 aliphatic carbocycles. The van der Waals surface area contributed by atoms with E-state index in [4.69, 9.17) is 0 Å². The molecule has 0 spiro atoms. The van der Waals surface area contributed by atoms with Crippen LogP contribution in [0.15, 0.2) is 79.0 Å². The van der Waals surface area contributed by atoms with Gasteiger partial charge in [0.25, 0.3) is 5.91 Å². The monoisotopic (exact) mass is 397 g/mol. The molecule has 1 amide bonds. The van der Waals surface area contributed by atoms with E-state index in [9.17, 15) is 4.79 Å². The van der Waals surface area contributed by atoms with Gasteiger partial charge in [0.15, 0.2) is 0 Å². The number of carbonyl (C=O) groups excluding carboxylic acids is 1. The summed E-state index contributed by atoms with van der Waals surface area (Å²) < 4.78 is 1.70. The number of carbonyl (C=O) groups is 1. The van der Waals surface area contributed by atoms with Crippen LogP contribution in [-0.4, -0.2) is 38.7 Å². The molecule has 6 heteroatoms. The molecule has 1 aromatic heterocycles. The van der Waals surface area contributed by atoms with Crippen LogP contribution in [0, 0.1) is 0 Å². The molecular formula is C24H23N5O. The molecule has 6 nitrogen and oxygen atoms in total. The first-order valence-corrected chi connectivity index (χ1v) is 10.2. The van der Waals surface area contributed by atoms with Crippen LogP contribution in [0.2, 0.25) is 0 Å². The van der Waals surface area contributed by atoms with Crippen molar-refractivity contribution >= 4 is 5.91 Å². The van der Waals surface area contributed by atoms with Crippen LogP contribution >= 0.6 is 0 Å². The minimum Gasteiger partial charge on any atom is -0.371 e. The first kappa shape index (κ1) is 18.4. The van der Waals surface area contributed by atoms with Crippen LogP contribution in [0.1, 0.15) is 27.0 Å². The highest BCUT2D eigenvalue weighted by Gasteiger charge is 2.17. The lowest BCUT2D eigenvalue weighted by Crippen LogP contribution is -2.26. The van der Waals surface area contributed by atoms with E-state index in [0.717, 1.165) is 42.7 Å². The van der Waals surface area contributed by atoms with E-state index in [-0.39, 0.29) is 5.91 Å². The molecule has 5 rings (SSSR count). The lowest BCUT2D eigenvalue weighted by Gasteiger charge is -2.26. The van der Waals surface area contributed by atoms with Crippen molar-refractivity contribution in [2.45, 2.75) is 19.4 Å². The van der Waals surface area contributed by atoms with E-state index >= 15 is 0 Å². The minimum absolute atomic E-state index is 0.0466. The van der Waals surface area contributed by atoms with Crippen molar-refractivity contribution < 1.29 is 4.79 Å². The summed E-state index contributed by atoms with van der Waals surface area (Å²) in [5.41, 5.74) is 6.60. The second kappa shape index (κ2) is 7.99. The molecule has 1 N–H and O–H groups in total. The van der Waals surface area contributed by atoms with Gasteiger partial charge < -0.3 is 10.2 Å². The second-order valence-electron chi connectivity index (χ2n) is 7.61. The number of aromatic nitrogens is 3. The Kier molecular flexibility index (Phi) is 4.89. The fraction of sp³-hybridized carbons (Fsp3) is 0.208. The SMILES string of the molecule is O=C(NCc1cccc(-n2cncn2)c1)c1ccc2c(c1)CCN(C1=CC=C1)CC2. The maximum absolute atomic E-state index is 12.8. The summed E-state index contributed by atoms with van der Waals surface area (Å²) in [6.07, 6.45) is 11.5. The molecule has 2 heterocycles. The van der Waals surface area contributed by atoms with Crippen molar-refractivity contribution in [2.24, 2.45) is 0 Å². The number of benzene rings is 2. The minimum atomic E-state index is -0.0466. The Balaban J connectivity index is 1.24. The van der Waals surface area contributed by atoms with Crippen LogP contribution in [0.25, 0.3) is 5.69 Å². The fourth-order valence-corrected chi connectivity index (χ4v) is 3.95. The van der Waals surface area contributed by atoms with Gasteiger partial charge in [-0.25, -0.2) is 9.67 Å². The third-order valence-electron chi connectivity index (χ3n) is 5.72. The summed E-state index contributed by atoms with van der Waals surface area (Å²) in [5.74, 6) is -0.0466. The Hall–Kier alpha value is -3.67. The number of hydrogen-bond acceptors (Lipinski definition) is 4. The molecular weight excluding hydrogens is 374 g/mol. The number of fused-ring (bicyclic) bond motifs is 1. The fourth-order valence-electron chi connectivity index (χ4n) is 3.95. The Morgan fingerprint density at radius 1 is 1.07 bits per heavy atom. The van der Waals surface area contributed by atoms with Crippen molar-refractivity contribution in [1.29, 1.82) is 0 Å². The second-order valence-corrected chi connectivity index (χ2v) is 7.61. The van der Waals surface area contributed by atoms with Gasteiger partial charge in [-0.1, -0.05) is 24.3 Å². The Morgan fingerprint density at radius 2 is 1.93 bits per heavy atom. The summed E-state index contributed by atoms with van der Waals surface area (Å²) >= 11 is 0. The lowest BCUT2D eigenvalue weighted by atomic mass is 10.00. The van der Waals surface area contributed by atoms with Gasteiger partial charge in [-0.3, -0.25) is 4.79 Å². The first-order valence-electron chi connectivity index (χ1n) is 10.2. The van der Waals surface area contributed by atoms with E-state index in [1.165, 1.54) is 23.2 Å². The number of amides is 1. The van der Waals surface area contributed by atoms with Crippen LogP contribution in [0.5, 0.6) is 0 Å².